The molecule has 1 aromatic heterocycles. The van der Waals surface area contributed by atoms with Gasteiger partial charge in [-0.25, -0.2) is 0 Å². The molecule has 150 valence electrons. The third-order valence-electron chi connectivity index (χ3n) is 4.97. The van der Waals surface area contributed by atoms with Crippen LogP contribution in [0.15, 0.2) is 42.1 Å². The molecule has 3 rings (SSSR count). The Morgan fingerprint density at radius 2 is 2.18 bits per heavy atom. The first kappa shape index (κ1) is 20.1. The third-order valence-corrected chi connectivity index (χ3v) is 4.97. The molecule has 1 aliphatic rings. The Labute approximate surface area is 165 Å². The SMILES string of the molecule is CC(C)=CCN1CCNC(=O)C1CC(=O)NCCCn1ncc2ccccc21. The van der Waals surface area contributed by atoms with Crippen molar-refractivity contribution in [3.8, 4) is 0 Å². The number of amides is 2. The Morgan fingerprint density at radius 3 is 3.00 bits per heavy atom. The van der Waals surface area contributed by atoms with E-state index in [0.29, 0.717) is 19.6 Å². The molecule has 1 aliphatic heterocycles. The van der Waals surface area contributed by atoms with Gasteiger partial charge in [0.1, 0.15) is 0 Å². The molecule has 2 amide bonds. The van der Waals surface area contributed by atoms with Gasteiger partial charge >= 0.3 is 0 Å². The smallest absolute Gasteiger partial charge is 0.237 e. The van der Waals surface area contributed by atoms with Gasteiger partial charge in [0.25, 0.3) is 0 Å². The van der Waals surface area contributed by atoms with Crippen LogP contribution in [0.1, 0.15) is 26.7 Å². The Bertz CT molecular complexity index is 853. The van der Waals surface area contributed by atoms with Crippen LogP contribution in [0.4, 0.5) is 0 Å². The van der Waals surface area contributed by atoms with Crippen LogP contribution in [0.25, 0.3) is 10.9 Å². The fourth-order valence-electron chi connectivity index (χ4n) is 3.41. The molecule has 0 aliphatic carbocycles. The lowest BCUT2D eigenvalue weighted by Crippen LogP contribution is -2.56. The lowest BCUT2D eigenvalue weighted by Gasteiger charge is -2.34. The van der Waals surface area contributed by atoms with E-state index >= 15 is 0 Å². The molecule has 2 heterocycles. The lowest BCUT2D eigenvalue weighted by molar-refractivity contribution is -0.133. The molecule has 1 aromatic carbocycles. The van der Waals surface area contributed by atoms with Crippen molar-refractivity contribution in [3.63, 3.8) is 0 Å². The van der Waals surface area contributed by atoms with Crippen LogP contribution >= 0.6 is 0 Å². The summed E-state index contributed by atoms with van der Waals surface area (Å²) in [6, 6.07) is 7.68. The van der Waals surface area contributed by atoms with Crippen LogP contribution in [0.3, 0.4) is 0 Å². The molecule has 0 radical (unpaired) electrons. The number of benzene rings is 1. The van der Waals surface area contributed by atoms with Gasteiger partial charge in [0.2, 0.25) is 11.8 Å². The lowest BCUT2D eigenvalue weighted by atomic mass is 10.1. The van der Waals surface area contributed by atoms with Crippen molar-refractivity contribution in [1.29, 1.82) is 0 Å². The van der Waals surface area contributed by atoms with Gasteiger partial charge < -0.3 is 10.6 Å². The zero-order chi connectivity index (χ0) is 19.9. The highest BCUT2D eigenvalue weighted by Crippen LogP contribution is 2.13. The molecule has 0 saturated carbocycles. The molecule has 1 saturated heterocycles. The molecule has 2 N–H and O–H groups in total. The molecular formula is C21H29N5O2. The zero-order valence-electron chi connectivity index (χ0n) is 16.6. The number of para-hydroxylation sites is 1. The summed E-state index contributed by atoms with van der Waals surface area (Å²) in [4.78, 5) is 26.7. The first-order valence-corrected chi connectivity index (χ1v) is 9.87. The largest absolute Gasteiger partial charge is 0.356 e. The highest BCUT2D eigenvalue weighted by Gasteiger charge is 2.30. The summed E-state index contributed by atoms with van der Waals surface area (Å²) in [5.41, 5.74) is 2.31. The van der Waals surface area contributed by atoms with Gasteiger partial charge in [0.15, 0.2) is 0 Å². The van der Waals surface area contributed by atoms with Gasteiger partial charge in [-0.3, -0.25) is 19.2 Å². The molecule has 1 unspecified atom stereocenters. The Balaban J connectivity index is 1.46. The molecule has 0 bridgehead atoms. The number of carbonyl (C=O) groups excluding carboxylic acids is 2. The first-order valence-electron chi connectivity index (χ1n) is 9.87. The highest BCUT2D eigenvalue weighted by atomic mass is 16.2. The molecule has 0 spiro atoms. The zero-order valence-corrected chi connectivity index (χ0v) is 16.6. The Kier molecular flexibility index (Phi) is 6.81. The Morgan fingerprint density at radius 1 is 1.36 bits per heavy atom. The van der Waals surface area contributed by atoms with Crippen molar-refractivity contribution >= 4 is 22.7 Å². The first-order chi connectivity index (χ1) is 13.5. The second-order valence-electron chi connectivity index (χ2n) is 7.42. The number of aromatic nitrogens is 2. The van der Waals surface area contributed by atoms with Crippen LogP contribution < -0.4 is 10.6 Å². The van der Waals surface area contributed by atoms with E-state index in [4.69, 9.17) is 0 Å². The molecule has 7 nitrogen and oxygen atoms in total. The quantitative estimate of drug-likeness (QED) is 0.537. The number of hydrogen-bond donors (Lipinski definition) is 2. The second-order valence-corrected chi connectivity index (χ2v) is 7.42. The summed E-state index contributed by atoms with van der Waals surface area (Å²) in [5.74, 6) is -0.152. The van der Waals surface area contributed by atoms with Gasteiger partial charge in [-0.15, -0.1) is 0 Å². The van der Waals surface area contributed by atoms with Crippen LogP contribution in [0, 0.1) is 0 Å². The highest BCUT2D eigenvalue weighted by molar-refractivity contribution is 5.88. The van der Waals surface area contributed by atoms with Crippen molar-refractivity contribution in [2.24, 2.45) is 0 Å². The molecule has 1 atom stereocenters. The van der Waals surface area contributed by atoms with Crippen LogP contribution in [0.2, 0.25) is 0 Å². The number of fused-ring (bicyclic) bond motifs is 1. The van der Waals surface area contributed by atoms with E-state index in [-0.39, 0.29) is 18.2 Å². The van der Waals surface area contributed by atoms with Gasteiger partial charge in [-0.1, -0.05) is 29.8 Å². The van der Waals surface area contributed by atoms with Crippen LogP contribution in [0.5, 0.6) is 0 Å². The van der Waals surface area contributed by atoms with E-state index in [9.17, 15) is 9.59 Å². The summed E-state index contributed by atoms with van der Waals surface area (Å²) in [6.45, 7) is 7.47. The maximum atomic E-state index is 12.4. The van der Waals surface area contributed by atoms with E-state index in [0.717, 1.165) is 30.4 Å². The number of hydrogen-bond acceptors (Lipinski definition) is 4. The summed E-state index contributed by atoms with van der Waals surface area (Å²) in [7, 11) is 0. The number of allylic oxidation sites excluding steroid dienone is 1. The van der Waals surface area contributed by atoms with E-state index in [1.807, 2.05) is 49.0 Å². The number of rotatable bonds is 8. The topological polar surface area (TPSA) is 79.3 Å². The Hall–Kier alpha value is -2.67. The minimum atomic E-state index is -0.403. The van der Waals surface area contributed by atoms with Crippen LogP contribution in [-0.4, -0.2) is 58.7 Å². The number of carbonyl (C=O) groups is 2. The predicted octanol–water partition coefficient (Wildman–Crippen LogP) is 1.70. The van der Waals surface area contributed by atoms with Crippen molar-refractivity contribution < 1.29 is 9.59 Å². The van der Waals surface area contributed by atoms with Gasteiger partial charge in [-0.2, -0.15) is 5.10 Å². The maximum Gasteiger partial charge on any atom is 0.237 e. The summed E-state index contributed by atoms with van der Waals surface area (Å²) in [5, 5.41) is 11.3. The average molecular weight is 383 g/mol. The van der Waals surface area contributed by atoms with Gasteiger partial charge in [0, 0.05) is 38.1 Å². The van der Waals surface area contributed by atoms with E-state index in [2.05, 4.69) is 26.7 Å². The number of nitrogens with one attached hydrogen (secondary N) is 2. The minimum Gasteiger partial charge on any atom is -0.356 e. The maximum absolute atomic E-state index is 12.4. The number of aryl methyl sites for hydroxylation is 1. The summed E-state index contributed by atoms with van der Waals surface area (Å²) in [6.07, 6.45) is 4.93. The van der Waals surface area contributed by atoms with E-state index in [1.54, 1.807) is 0 Å². The molecular weight excluding hydrogens is 354 g/mol. The molecule has 7 heteroatoms. The molecule has 28 heavy (non-hydrogen) atoms. The van der Waals surface area contributed by atoms with Crippen molar-refractivity contribution in [1.82, 2.24) is 25.3 Å². The normalized spacial score (nSPS) is 17.4. The van der Waals surface area contributed by atoms with Crippen molar-refractivity contribution in [3.05, 3.63) is 42.1 Å². The van der Waals surface area contributed by atoms with Gasteiger partial charge in [0.05, 0.1) is 24.2 Å². The molecule has 1 fully saturated rings. The predicted molar refractivity (Wildman–Crippen MR) is 110 cm³/mol. The fraction of sp³-hybridized carbons (Fsp3) is 0.476. The molecule has 2 aromatic rings. The van der Waals surface area contributed by atoms with Crippen LogP contribution in [-0.2, 0) is 16.1 Å². The van der Waals surface area contributed by atoms with E-state index in [1.165, 1.54) is 5.57 Å². The summed E-state index contributed by atoms with van der Waals surface area (Å²) >= 11 is 0. The summed E-state index contributed by atoms with van der Waals surface area (Å²) < 4.78 is 1.96. The fourth-order valence-corrected chi connectivity index (χ4v) is 3.41. The van der Waals surface area contributed by atoms with Crippen molar-refractivity contribution in [2.45, 2.75) is 39.3 Å². The monoisotopic (exact) mass is 383 g/mol. The number of piperazine rings is 1. The third kappa shape index (κ3) is 5.19. The average Bonchev–Trinajstić information content (AvgIpc) is 3.09. The minimum absolute atomic E-state index is 0.0634. The number of nitrogens with zero attached hydrogens (tertiary/aromatic N) is 3. The van der Waals surface area contributed by atoms with Gasteiger partial charge in [-0.05, 0) is 26.3 Å². The second kappa shape index (κ2) is 9.50. The van der Waals surface area contributed by atoms with E-state index < -0.39 is 6.04 Å². The standard InChI is InChI=1S/C21H29N5O2/c1-16(2)8-12-25-13-10-23-21(28)19(25)14-20(27)22-9-5-11-26-18-7-4-3-6-17(18)15-24-26/h3-4,6-8,15,19H,5,9-14H2,1-2H3,(H,22,27)(H,23,28). The van der Waals surface area contributed by atoms with Crippen molar-refractivity contribution in [2.75, 3.05) is 26.2 Å².